The van der Waals surface area contributed by atoms with E-state index in [-0.39, 0.29) is 0 Å². The monoisotopic (exact) mass is 169 g/mol. The normalized spacial score (nSPS) is 12.7. The molecule has 0 unspecified atom stereocenters. The van der Waals surface area contributed by atoms with Gasteiger partial charge in [0, 0.05) is 30.9 Å². The fraction of sp³-hybridized carbons (Fsp3) is 0.167. The quantitative estimate of drug-likeness (QED) is 0.487. The van der Waals surface area contributed by atoms with Gasteiger partial charge in [-0.05, 0) is 17.2 Å². The van der Waals surface area contributed by atoms with Crippen LogP contribution in [0.1, 0.15) is 11.3 Å². The summed E-state index contributed by atoms with van der Waals surface area (Å²) in [6.45, 7) is 0. The summed E-state index contributed by atoms with van der Waals surface area (Å²) in [5, 5.41) is 0. The Balaban J connectivity index is 2.32. The van der Waals surface area contributed by atoms with E-state index in [1.54, 1.807) is 0 Å². The summed E-state index contributed by atoms with van der Waals surface area (Å²) in [4.78, 5) is 0. The number of hydrogen-bond donors (Lipinski definition) is 0. The first-order valence-corrected chi connectivity index (χ1v) is 4.59. The molecule has 3 rings (SSSR count). The summed E-state index contributed by atoms with van der Waals surface area (Å²) in [6.07, 6.45) is 3.23. The van der Waals surface area contributed by atoms with Gasteiger partial charge in [0.05, 0.1) is 0 Å². The first kappa shape index (κ1) is 6.96. The van der Waals surface area contributed by atoms with E-state index in [1.807, 2.05) is 0 Å². The Labute approximate surface area is 77.6 Å². The first-order chi connectivity index (χ1) is 6.36. The lowest BCUT2D eigenvalue weighted by Crippen LogP contribution is -1.91. The van der Waals surface area contributed by atoms with E-state index in [0.29, 0.717) is 0 Å². The summed E-state index contributed by atoms with van der Waals surface area (Å²) in [5.41, 5.74) is 5.74. The van der Waals surface area contributed by atoms with Gasteiger partial charge < -0.3 is 4.57 Å². The van der Waals surface area contributed by atoms with Crippen molar-refractivity contribution in [2.45, 2.75) is 6.42 Å². The maximum Gasteiger partial charge on any atom is 0.0295 e. The molecule has 1 nitrogen and oxygen atoms in total. The van der Waals surface area contributed by atoms with Gasteiger partial charge in [-0.25, -0.2) is 0 Å². The third-order valence-electron chi connectivity index (χ3n) is 2.87. The van der Waals surface area contributed by atoms with E-state index in [0.717, 1.165) is 6.42 Å². The Kier molecular flexibility index (Phi) is 1.21. The molecule has 13 heavy (non-hydrogen) atoms. The van der Waals surface area contributed by atoms with Gasteiger partial charge in [-0.2, -0.15) is 0 Å². The SMILES string of the molecule is Cn1ccc2c1Cc1ccccc1-2. The van der Waals surface area contributed by atoms with Crippen LogP contribution in [0.15, 0.2) is 36.5 Å². The lowest BCUT2D eigenvalue weighted by Gasteiger charge is -1.97. The van der Waals surface area contributed by atoms with Crippen molar-refractivity contribution in [2.75, 3.05) is 0 Å². The van der Waals surface area contributed by atoms with Gasteiger partial charge in [-0.1, -0.05) is 24.3 Å². The molecule has 0 bridgehead atoms. The topological polar surface area (TPSA) is 4.93 Å². The van der Waals surface area contributed by atoms with Crippen LogP contribution in [0.25, 0.3) is 11.1 Å². The maximum atomic E-state index is 2.22. The molecule has 1 aliphatic rings. The number of nitrogens with zero attached hydrogens (tertiary/aromatic N) is 1. The second kappa shape index (κ2) is 2.25. The molecule has 64 valence electrons. The molecule has 0 fully saturated rings. The lowest BCUT2D eigenvalue weighted by atomic mass is 10.1. The molecule has 1 heterocycles. The van der Waals surface area contributed by atoms with E-state index in [4.69, 9.17) is 0 Å². The van der Waals surface area contributed by atoms with Crippen LogP contribution in [-0.4, -0.2) is 4.57 Å². The highest BCUT2D eigenvalue weighted by molar-refractivity contribution is 5.75. The van der Waals surface area contributed by atoms with Crippen molar-refractivity contribution in [3.05, 3.63) is 47.8 Å². The van der Waals surface area contributed by atoms with Gasteiger partial charge in [0.25, 0.3) is 0 Å². The van der Waals surface area contributed by atoms with Crippen LogP contribution < -0.4 is 0 Å². The molecule has 0 aliphatic heterocycles. The van der Waals surface area contributed by atoms with Crippen LogP contribution in [0.4, 0.5) is 0 Å². The Bertz CT molecular complexity index is 466. The molecule has 1 aromatic carbocycles. The van der Waals surface area contributed by atoms with Gasteiger partial charge in [-0.15, -0.1) is 0 Å². The zero-order valence-electron chi connectivity index (χ0n) is 7.62. The zero-order valence-corrected chi connectivity index (χ0v) is 7.62. The third-order valence-corrected chi connectivity index (χ3v) is 2.87. The molecule has 1 aromatic heterocycles. The predicted octanol–water partition coefficient (Wildman–Crippen LogP) is 2.60. The van der Waals surface area contributed by atoms with Crippen molar-refractivity contribution >= 4 is 0 Å². The van der Waals surface area contributed by atoms with Gasteiger partial charge in [0.2, 0.25) is 0 Å². The summed E-state index contributed by atoms with van der Waals surface area (Å²) >= 11 is 0. The van der Waals surface area contributed by atoms with Gasteiger partial charge in [0.1, 0.15) is 0 Å². The molecule has 0 saturated carbocycles. The number of benzene rings is 1. The van der Waals surface area contributed by atoms with Crippen molar-refractivity contribution in [1.29, 1.82) is 0 Å². The van der Waals surface area contributed by atoms with Crippen molar-refractivity contribution in [2.24, 2.45) is 7.05 Å². The average Bonchev–Trinajstić information content (AvgIpc) is 2.67. The fourth-order valence-corrected chi connectivity index (χ4v) is 2.15. The van der Waals surface area contributed by atoms with Gasteiger partial charge in [-0.3, -0.25) is 0 Å². The van der Waals surface area contributed by atoms with E-state index in [2.05, 4.69) is 48.1 Å². The number of aromatic nitrogens is 1. The molecular formula is C12H11N. The number of fused-ring (bicyclic) bond motifs is 3. The van der Waals surface area contributed by atoms with E-state index < -0.39 is 0 Å². The van der Waals surface area contributed by atoms with Gasteiger partial charge in [0.15, 0.2) is 0 Å². The Hall–Kier alpha value is -1.50. The molecular weight excluding hydrogens is 158 g/mol. The smallest absolute Gasteiger partial charge is 0.0295 e. The van der Waals surface area contributed by atoms with Crippen molar-refractivity contribution in [1.82, 2.24) is 4.57 Å². The minimum atomic E-state index is 1.09. The van der Waals surface area contributed by atoms with Crippen molar-refractivity contribution < 1.29 is 0 Å². The van der Waals surface area contributed by atoms with Crippen LogP contribution in [0, 0.1) is 0 Å². The minimum absolute atomic E-state index is 1.09. The highest BCUT2D eigenvalue weighted by atomic mass is 14.9. The zero-order chi connectivity index (χ0) is 8.84. The molecule has 0 atom stereocenters. The van der Waals surface area contributed by atoms with Gasteiger partial charge >= 0.3 is 0 Å². The average molecular weight is 169 g/mol. The number of aryl methyl sites for hydroxylation is 1. The molecule has 2 aromatic rings. The van der Waals surface area contributed by atoms with E-state index in [9.17, 15) is 0 Å². The summed E-state index contributed by atoms with van der Waals surface area (Å²) < 4.78 is 2.22. The van der Waals surface area contributed by atoms with Crippen LogP contribution >= 0.6 is 0 Å². The molecule has 0 spiro atoms. The van der Waals surface area contributed by atoms with E-state index in [1.165, 1.54) is 22.4 Å². The van der Waals surface area contributed by atoms with Crippen LogP contribution in [0.3, 0.4) is 0 Å². The Morgan fingerprint density at radius 1 is 1.08 bits per heavy atom. The van der Waals surface area contributed by atoms with Crippen LogP contribution in [0.2, 0.25) is 0 Å². The highest BCUT2D eigenvalue weighted by Crippen LogP contribution is 2.36. The Morgan fingerprint density at radius 2 is 1.92 bits per heavy atom. The van der Waals surface area contributed by atoms with Crippen molar-refractivity contribution in [3.63, 3.8) is 0 Å². The summed E-state index contributed by atoms with van der Waals surface area (Å²) in [5.74, 6) is 0. The lowest BCUT2D eigenvalue weighted by molar-refractivity contribution is 0.861. The number of rotatable bonds is 0. The van der Waals surface area contributed by atoms with Crippen LogP contribution in [0.5, 0.6) is 0 Å². The fourth-order valence-electron chi connectivity index (χ4n) is 2.15. The molecule has 1 aliphatic carbocycles. The Morgan fingerprint density at radius 3 is 2.85 bits per heavy atom. The first-order valence-electron chi connectivity index (χ1n) is 4.59. The standard InChI is InChI=1S/C12H11N/c1-13-7-6-11-10-5-3-2-4-9(10)8-12(11)13/h2-7H,8H2,1H3. The minimum Gasteiger partial charge on any atom is -0.354 e. The van der Waals surface area contributed by atoms with Crippen molar-refractivity contribution in [3.8, 4) is 11.1 Å². The predicted molar refractivity (Wildman–Crippen MR) is 53.7 cm³/mol. The molecule has 0 amide bonds. The van der Waals surface area contributed by atoms with E-state index >= 15 is 0 Å². The summed E-state index contributed by atoms with van der Waals surface area (Å²) in [7, 11) is 2.12. The largest absolute Gasteiger partial charge is 0.354 e. The molecule has 0 saturated heterocycles. The third kappa shape index (κ3) is 0.816. The molecule has 0 radical (unpaired) electrons. The second-order valence-corrected chi connectivity index (χ2v) is 3.62. The molecule has 1 heteroatoms. The maximum absolute atomic E-state index is 2.22. The van der Waals surface area contributed by atoms with Crippen LogP contribution in [-0.2, 0) is 13.5 Å². The molecule has 0 N–H and O–H groups in total. The second-order valence-electron chi connectivity index (χ2n) is 3.62. The highest BCUT2D eigenvalue weighted by Gasteiger charge is 2.19. The number of hydrogen-bond acceptors (Lipinski definition) is 0. The summed E-state index contributed by atoms with van der Waals surface area (Å²) in [6, 6.07) is 10.9.